The number of rotatable bonds is 1. The Morgan fingerprint density at radius 2 is 1.92 bits per heavy atom. The highest BCUT2D eigenvalue weighted by atomic mass is 16.3. The van der Waals surface area contributed by atoms with Gasteiger partial charge in [-0.05, 0) is 20.8 Å². The second-order valence-electron chi connectivity index (χ2n) is 3.70. The van der Waals surface area contributed by atoms with E-state index in [1.807, 2.05) is 0 Å². The van der Waals surface area contributed by atoms with Gasteiger partial charge in [-0.3, -0.25) is 9.59 Å². The van der Waals surface area contributed by atoms with Crippen molar-refractivity contribution in [2.75, 3.05) is 7.05 Å². The minimum absolute atomic E-state index is 0.0903. The Bertz CT molecular complexity index is 315. The fraction of sp³-hybridized carbons (Fsp3) is 0.556. The molecule has 0 fully saturated rings. The van der Waals surface area contributed by atoms with E-state index in [0.717, 1.165) is 0 Å². The maximum Gasteiger partial charge on any atom is 0.261 e. The molecular weight excluding hydrogens is 170 g/mol. The van der Waals surface area contributed by atoms with Crippen LogP contribution in [0, 0.1) is 0 Å². The highest BCUT2D eigenvalue weighted by Crippen LogP contribution is 2.32. The summed E-state index contributed by atoms with van der Waals surface area (Å²) in [7, 11) is 1.56. The fourth-order valence-corrected chi connectivity index (χ4v) is 1.30. The Morgan fingerprint density at radius 1 is 1.46 bits per heavy atom. The molecule has 0 aromatic rings. The molecule has 1 amide bonds. The zero-order valence-electron chi connectivity index (χ0n) is 8.21. The van der Waals surface area contributed by atoms with Crippen LogP contribution in [0.1, 0.15) is 20.8 Å². The summed E-state index contributed by atoms with van der Waals surface area (Å²) in [5.41, 5.74) is -0.856. The summed E-state index contributed by atoms with van der Waals surface area (Å²) < 4.78 is 0. The van der Waals surface area contributed by atoms with Crippen molar-refractivity contribution >= 4 is 11.7 Å². The van der Waals surface area contributed by atoms with Gasteiger partial charge in [0, 0.05) is 7.05 Å². The van der Waals surface area contributed by atoms with Crippen LogP contribution in [0.25, 0.3) is 0 Å². The van der Waals surface area contributed by atoms with E-state index in [2.05, 4.69) is 0 Å². The number of aliphatic hydroxyl groups is 1. The van der Waals surface area contributed by atoms with Crippen LogP contribution in [0.2, 0.25) is 0 Å². The minimum atomic E-state index is -0.766. The van der Waals surface area contributed by atoms with Crippen LogP contribution in [0.4, 0.5) is 0 Å². The van der Waals surface area contributed by atoms with Gasteiger partial charge in [-0.2, -0.15) is 0 Å². The standard InChI is InChI=1S/C9H13NO3/c1-5(11)6-7(12)9(2,3)10(4)8(6)13/h12H,1-4H3. The number of carbonyl (C=O) groups excluding carboxylic acids is 2. The van der Waals surface area contributed by atoms with Gasteiger partial charge < -0.3 is 10.0 Å². The molecule has 72 valence electrons. The first-order valence-electron chi connectivity index (χ1n) is 4.03. The minimum Gasteiger partial charge on any atom is -0.509 e. The van der Waals surface area contributed by atoms with Crippen molar-refractivity contribution in [3.8, 4) is 0 Å². The molecule has 4 nitrogen and oxygen atoms in total. The SMILES string of the molecule is CC(=O)C1=C(O)C(C)(C)N(C)C1=O. The maximum absolute atomic E-state index is 11.5. The predicted octanol–water partition coefficient (Wildman–Crippen LogP) is 0.638. The maximum atomic E-state index is 11.5. The monoisotopic (exact) mass is 183 g/mol. The topological polar surface area (TPSA) is 57.6 Å². The number of nitrogens with zero attached hydrogens (tertiary/aromatic N) is 1. The molecule has 13 heavy (non-hydrogen) atoms. The molecule has 0 aromatic carbocycles. The molecule has 4 heteroatoms. The number of aliphatic hydroxyl groups excluding tert-OH is 1. The van der Waals surface area contributed by atoms with Crippen LogP contribution < -0.4 is 0 Å². The van der Waals surface area contributed by atoms with E-state index in [-0.39, 0.29) is 17.1 Å². The Hall–Kier alpha value is -1.32. The lowest BCUT2D eigenvalue weighted by atomic mass is 10.0. The molecular formula is C9H13NO3. The van der Waals surface area contributed by atoms with Crippen LogP contribution in [0.5, 0.6) is 0 Å². The van der Waals surface area contributed by atoms with Crippen molar-refractivity contribution in [2.24, 2.45) is 0 Å². The molecule has 1 heterocycles. The van der Waals surface area contributed by atoms with Gasteiger partial charge in [-0.1, -0.05) is 0 Å². The Morgan fingerprint density at radius 3 is 2.08 bits per heavy atom. The molecule has 0 saturated carbocycles. The summed E-state index contributed by atoms with van der Waals surface area (Å²) in [5.74, 6) is -0.928. The summed E-state index contributed by atoms with van der Waals surface area (Å²) in [6.45, 7) is 4.66. The van der Waals surface area contributed by atoms with Crippen LogP contribution in [0.15, 0.2) is 11.3 Å². The zero-order chi connectivity index (χ0) is 10.4. The summed E-state index contributed by atoms with van der Waals surface area (Å²) in [4.78, 5) is 23.9. The van der Waals surface area contributed by atoms with E-state index >= 15 is 0 Å². The molecule has 0 atom stereocenters. The normalized spacial score (nSPS) is 21.2. The number of Topliss-reactive ketones (excluding diaryl/α,β-unsaturated/α-hetero) is 1. The number of amides is 1. The van der Waals surface area contributed by atoms with Gasteiger partial charge in [0.2, 0.25) is 0 Å². The fourth-order valence-electron chi connectivity index (χ4n) is 1.30. The highest BCUT2D eigenvalue weighted by molar-refractivity contribution is 6.20. The molecule has 0 aromatic heterocycles. The van der Waals surface area contributed by atoms with Crippen molar-refractivity contribution in [2.45, 2.75) is 26.3 Å². The van der Waals surface area contributed by atoms with Gasteiger partial charge in [-0.25, -0.2) is 0 Å². The summed E-state index contributed by atoms with van der Waals surface area (Å²) in [6, 6.07) is 0. The summed E-state index contributed by atoms with van der Waals surface area (Å²) in [5, 5.41) is 9.62. The second kappa shape index (κ2) is 2.58. The Kier molecular flexibility index (Phi) is 1.94. The van der Waals surface area contributed by atoms with Crippen molar-refractivity contribution in [3.63, 3.8) is 0 Å². The molecule has 0 spiro atoms. The third kappa shape index (κ3) is 1.13. The third-order valence-corrected chi connectivity index (χ3v) is 2.53. The highest BCUT2D eigenvalue weighted by Gasteiger charge is 2.44. The molecule has 1 aliphatic heterocycles. The number of hydrogen-bond donors (Lipinski definition) is 1. The van der Waals surface area contributed by atoms with E-state index in [4.69, 9.17) is 0 Å². The summed E-state index contributed by atoms with van der Waals surface area (Å²) >= 11 is 0. The number of hydrogen-bond acceptors (Lipinski definition) is 3. The van der Waals surface area contributed by atoms with Crippen molar-refractivity contribution in [3.05, 3.63) is 11.3 Å². The summed E-state index contributed by atoms with van der Waals surface area (Å²) in [6.07, 6.45) is 0. The lowest BCUT2D eigenvalue weighted by molar-refractivity contribution is -0.129. The van der Waals surface area contributed by atoms with Crippen molar-refractivity contribution in [1.29, 1.82) is 0 Å². The van der Waals surface area contributed by atoms with E-state index in [1.165, 1.54) is 11.8 Å². The first kappa shape index (κ1) is 9.77. The average molecular weight is 183 g/mol. The average Bonchev–Trinajstić information content (AvgIpc) is 2.14. The zero-order valence-corrected chi connectivity index (χ0v) is 8.21. The van der Waals surface area contributed by atoms with Crippen LogP contribution >= 0.6 is 0 Å². The number of likely N-dealkylation sites (N-methyl/N-ethyl adjacent to an activating group) is 1. The van der Waals surface area contributed by atoms with Gasteiger partial charge >= 0.3 is 0 Å². The number of ketones is 1. The van der Waals surface area contributed by atoms with Gasteiger partial charge in [0.05, 0.1) is 5.54 Å². The van der Waals surface area contributed by atoms with E-state index in [9.17, 15) is 14.7 Å². The quantitative estimate of drug-likeness (QED) is 0.607. The Labute approximate surface area is 76.8 Å². The van der Waals surface area contributed by atoms with Gasteiger partial charge in [0.15, 0.2) is 5.78 Å². The lowest BCUT2D eigenvalue weighted by Crippen LogP contribution is -2.40. The van der Waals surface area contributed by atoms with Gasteiger partial charge in [0.1, 0.15) is 11.3 Å². The molecule has 1 rings (SSSR count). The second-order valence-corrected chi connectivity index (χ2v) is 3.70. The molecule has 0 aliphatic carbocycles. The molecule has 1 N–H and O–H groups in total. The van der Waals surface area contributed by atoms with Crippen molar-refractivity contribution < 1.29 is 14.7 Å². The molecule has 1 aliphatic rings. The van der Waals surface area contributed by atoms with Gasteiger partial charge in [0.25, 0.3) is 5.91 Å². The van der Waals surface area contributed by atoms with Crippen LogP contribution in [-0.2, 0) is 9.59 Å². The molecule has 0 saturated heterocycles. The van der Waals surface area contributed by atoms with E-state index < -0.39 is 11.4 Å². The van der Waals surface area contributed by atoms with Gasteiger partial charge in [-0.15, -0.1) is 0 Å². The molecule has 0 bridgehead atoms. The number of carbonyl (C=O) groups is 2. The first-order chi connectivity index (χ1) is 5.80. The molecule has 0 unspecified atom stereocenters. The third-order valence-electron chi connectivity index (χ3n) is 2.53. The van der Waals surface area contributed by atoms with E-state index in [1.54, 1.807) is 20.9 Å². The Balaban J connectivity index is 3.29. The first-order valence-corrected chi connectivity index (χ1v) is 4.03. The smallest absolute Gasteiger partial charge is 0.261 e. The van der Waals surface area contributed by atoms with Crippen LogP contribution in [-0.4, -0.2) is 34.3 Å². The largest absolute Gasteiger partial charge is 0.509 e. The lowest BCUT2D eigenvalue weighted by Gasteiger charge is -2.27. The van der Waals surface area contributed by atoms with Crippen molar-refractivity contribution in [1.82, 2.24) is 4.90 Å². The van der Waals surface area contributed by atoms with Crippen LogP contribution in [0.3, 0.4) is 0 Å². The van der Waals surface area contributed by atoms with E-state index in [0.29, 0.717) is 0 Å². The molecule has 0 radical (unpaired) electrons. The predicted molar refractivity (Wildman–Crippen MR) is 47.2 cm³/mol.